The third-order valence-corrected chi connectivity index (χ3v) is 3.70. The van der Waals surface area contributed by atoms with E-state index in [1.807, 2.05) is 12.3 Å². The van der Waals surface area contributed by atoms with Gasteiger partial charge < -0.3 is 5.73 Å². The van der Waals surface area contributed by atoms with E-state index in [0.717, 1.165) is 16.5 Å². The number of benzene rings is 1. The molecule has 0 aliphatic rings. The molecule has 1 aromatic heterocycles. The number of rotatable bonds is 2. The predicted octanol–water partition coefficient (Wildman–Crippen LogP) is 4.12. The third-order valence-electron chi connectivity index (χ3n) is 2.84. The van der Waals surface area contributed by atoms with Gasteiger partial charge in [-0.2, -0.15) is 13.2 Å². The number of nitrogens with two attached hydrogens (primary N) is 1. The van der Waals surface area contributed by atoms with Crippen LogP contribution in [0.15, 0.2) is 35.7 Å². The highest BCUT2D eigenvalue weighted by molar-refractivity contribution is 7.10. The second-order valence-electron chi connectivity index (χ2n) is 3.99. The average molecular weight is 271 g/mol. The van der Waals surface area contributed by atoms with E-state index in [9.17, 15) is 13.2 Å². The molecule has 1 heterocycles. The summed E-state index contributed by atoms with van der Waals surface area (Å²) >= 11 is 1.48. The molecule has 18 heavy (non-hydrogen) atoms. The summed E-state index contributed by atoms with van der Waals surface area (Å²) in [5, 5.41) is 1.83. The standard InChI is InChI=1S/C13H12F3NS/c1-8-9(6-7-18-8)12(17)10-4-2-3-5-11(10)13(14,15)16/h2-7,12H,17H2,1H3. The Labute approximate surface area is 107 Å². The molecular formula is C13H12F3NS. The fraction of sp³-hybridized carbons (Fsp3) is 0.231. The Morgan fingerprint density at radius 1 is 1.11 bits per heavy atom. The molecule has 1 unspecified atom stereocenters. The second kappa shape index (κ2) is 4.74. The zero-order valence-electron chi connectivity index (χ0n) is 9.66. The van der Waals surface area contributed by atoms with Gasteiger partial charge in [0.15, 0.2) is 0 Å². The van der Waals surface area contributed by atoms with Crippen LogP contribution in [0.5, 0.6) is 0 Å². The van der Waals surface area contributed by atoms with Crippen molar-refractivity contribution < 1.29 is 13.2 Å². The van der Waals surface area contributed by atoms with Gasteiger partial charge in [0.1, 0.15) is 0 Å². The van der Waals surface area contributed by atoms with Gasteiger partial charge >= 0.3 is 6.18 Å². The largest absolute Gasteiger partial charge is 0.416 e. The van der Waals surface area contributed by atoms with Crippen molar-refractivity contribution in [1.82, 2.24) is 0 Å². The normalized spacial score (nSPS) is 13.6. The van der Waals surface area contributed by atoms with Crippen molar-refractivity contribution in [3.8, 4) is 0 Å². The van der Waals surface area contributed by atoms with Gasteiger partial charge in [-0.15, -0.1) is 11.3 Å². The maximum absolute atomic E-state index is 12.9. The van der Waals surface area contributed by atoms with Crippen LogP contribution in [-0.2, 0) is 6.18 Å². The van der Waals surface area contributed by atoms with Gasteiger partial charge in [-0.25, -0.2) is 0 Å². The monoisotopic (exact) mass is 271 g/mol. The van der Waals surface area contributed by atoms with Gasteiger partial charge in [-0.3, -0.25) is 0 Å². The van der Waals surface area contributed by atoms with Crippen LogP contribution >= 0.6 is 11.3 Å². The van der Waals surface area contributed by atoms with Crippen molar-refractivity contribution >= 4 is 11.3 Å². The molecule has 5 heteroatoms. The van der Waals surface area contributed by atoms with E-state index < -0.39 is 17.8 Å². The molecule has 0 saturated heterocycles. The molecule has 0 saturated carbocycles. The van der Waals surface area contributed by atoms with E-state index >= 15 is 0 Å². The topological polar surface area (TPSA) is 26.0 Å². The van der Waals surface area contributed by atoms with Crippen molar-refractivity contribution in [2.24, 2.45) is 5.73 Å². The first kappa shape index (κ1) is 13.1. The average Bonchev–Trinajstić information content (AvgIpc) is 2.73. The summed E-state index contributed by atoms with van der Waals surface area (Å²) in [4.78, 5) is 0.944. The van der Waals surface area contributed by atoms with Crippen LogP contribution < -0.4 is 5.73 Å². The molecule has 0 spiro atoms. The van der Waals surface area contributed by atoms with Crippen molar-refractivity contribution in [2.75, 3.05) is 0 Å². The lowest BCUT2D eigenvalue weighted by molar-refractivity contribution is -0.138. The van der Waals surface area contributed by atoms with Crippen LogP contribution in [0.1, 0.15) is 27.6 Å². The third kappa shape index (κ3) is 2.42. The number of hydrogen-bond donors (Lipinski definition) is 1. The highest BCUT2D eigenvalue weighted by Gasteiger charge is 2.34. The first-order valence-corrected chi connectivity index (χ1v) is 6.25. The van der Waals surface area contributed by atoms with E-state index in [0.29, 0.717) is 0 Å². The summed E-state index contributed by atoms with van der Waals surface area (Å²) in [7, 11) is 0. The molecule has 96 valence electrons. The van der Waals surface area contributed by atoms with Gasteiger partial charge in [0.2, 0.25) is 0 Å². The Morgan fingerprint density at radius 2 is 1.78 bits per heavy atom. The van der Waals surface area contributed by atoms with Crippen molar-refractivity contribution in [3.63, 3.8) is 0 Å². The molecule has 2 rings (SSSR count). The lowest BCUT2D eigenvalue weighted by Crippen LogP contribution is -2.18. The number of alkyl halides is 3. The fourth-order valence-electron chi connectivity index (χ4n) is 1.91. The highest BCUT2D eigenvalue weighted by atomic mass is 32.1. The first-order valence-electron chi connectivity index (χ1n) is 5.37. The number of thiophene rings is 1. The van der Waals surface area contributed by atoms with E-state index in [4.69, 9.17) is 5.73 Å². The molecule has 0 amide bonds. The summed E-state index contributed by atoms with van der Waals surface area (Å²) in [6, 6.07) is 6.49. The summed E-state index contributed by atoms with van der Waals surface area (Å²) in [6.07, 6.45) is -4.38. The minimum absolute atomic E-state index is 0.117. The van der Waals surface area contributed by atoms with Crippen LogP contribution in [0.25, 0.3) is 0 Å². The quantitative estimate of drug-likeness (QED) is 0.873. The molecule has 0 radical (unpaired) electrons. The van der Waals surface area contributed by atoms with E-state index in [2.05, 4.69) is 0 Å². The molecule has 2 N–H and O–H groups in total. The fourth-order valence-corrected chi connectivity index (χ4v) is 2.66. The number of halogens is 3. The molecule has 1 atom stereocenters. The van der Waals surface area contributed by atoms with E-state index in [-0.39, 0.29) is 5.56 Å². The first-order chi connectivity index (χ1) is 8.41. The Hall–Kier alpha value is -1.33. The Balaban J connectivity index is 2.49. The van der Waals surface area contributed by atoms with Gasteiger partial charge in [-0.05, 0) is 35.6 Å². The van der Waals surface area contributed by atoms with Crippen LogP contribution in [-0.4, -0.2) is 0 Å². The summed E-state index contributed by atoms with van der Waals surface area (Å²) in [5.41, 5.74) is 6.17. The molecule has 1 aromatic carbocycles. The molecule has 1 nitrogen and oxygen atoms in total. The van der Waals surface area contributed by atoms with E-state index in [1.54, 1.807) is 12.1 Å². The highest BCUT2D eigenvalue weighted by Crippen LogP contribution is 2.36. The molecular weight excluding hydrogens is 259 g/mol. The SMILES string of the molecule is Cc1sccc1C(N)c1ccccc1C(F)(F)F. The van der Waals surface area contributed by atoms with Gasteiger partial charge in [-0.1, -0.05) is 18.2 Å². The smallest absolute Gasteiger partial charge is 0.320 e. The number of aryl methyl sites for hydroxylation is 1. The lowest BCUT2D eigenvalue weighted by atomic mass is 9.95. The summed E-state index contributed by atoms with van der Waals surface area (Å²) in [5.74, 6) is 0. The summed E-state index contributed by atoms with van der Waals surface area (Å²) in [6.45, 7) is 1.86. The van der Waals surface area contributed by atoms with Crippen LogP contribution in [0.4, 0.5) is 13.2 Å². The van der Waals surface area contributed by atoms with Gasteiger partial charge in [0, 0.05) is 4.88 Å². The Morgan fingerprint density at radius 3 is 2.33 bits per heavy atom. The van der Waals surface area contributed by atoms with Crippen LogP contribution in [0.2, 0.25) is 0 Å². The molecule has 2 aromatic rings. The molecule has 0 aliphatic heterocycles. The van der Waals surface area contributed by atoms with Crippen LogP contribution in [0, 0.1) is 6.92 Å². The zero-order valence-corrected chi connectivity index (χ0v) is 10.5. The summed E-state index contributed by atoms with van der Waals surface area (Å²) < 4.78 is 38.7. The number of hydrogen-bond acceptors (Lipinski definition) is 2. The Bertz CT molecular complexity index is 545. The van der Waals surface area contributed by atoms with Crippen molar-refractivity contribution in [3.05, 3.63) is 57.3 Å². The maximum Gasteiger partial charge on any atom is 0.416 e. The van der Waals surface area contributed by atoms with Crippen molar-refractivity contribution in [1.29, 1.82) is 0 Å². The minimum atomic E-state index is -4.38. The second-order valence-corrected chi connectivity index (χ2v) is 5.12. The molecule has 0 fully saturated rings. The molecule has 0 aliphatic carbocycles. The predicted molar refractivity (Wildman–Crippen MR) is 66.5 cm³/mol. The van der Waals surface area contributed by atoms with Crippen LogP contribution in [0.3, 0.4) is 0 Å². The Kier molecular flexibility index (Phi) is 3.45. The van der Waals surface area contributed by atoms with Gasteiger partial charge in [0.25, 0.3) is 0 Å². The zero-order chi connectivity index (χ0) is 13.3. The molecule has 0 bridgehead atoms. The maximum atomic E-state index is 12.9. The van der Waals surface area contributed by atoms with E-state index in [1.165, 1.54) is 23.5 Å². The lowest BCUT2D eigenvalue weighted by Gasteiger charge is -2.18. The minimum Gasteiger partial charge on any atom is -0.320 e. The van der Waals surface area contributed by atoms with Crippen molar-refractivity contribution in [2.45, 2.75) is 19.1 Å². The van der Waals surface area contributed by atoms with Gasteiger partial charge in [0.05, 0.1) is 11.6 Å².